The number of benzene rings is 1. The van der Waals surface area contributed by atoms with Gasteiger partial charge in [-0.05, 0) is 37.5 Å². The normalized spacial score (nSPS) is 20.5. The van der Waals surface area contributed by atoms with Gasteiger partial charge in [0.05, 0.1) is 36.3 Å². The van der Waals surface area contributed by atoms with Crippen LogP contribution in [0.5, 0.6) is 11.5 Å². The van der Waals surface area contributed by atoms with E-state index in [9.17, 15) is 14.4 Å². The zero-order valence-electron chi connectivity index (χ0n) is 18.4. The van der Waals surface area contributed by atoms with Crippen LogP contribution < -0.4 is 9.47 Å². The highest BCUT2D eigenvalue weighted by Gasteiger charge is 2.46. The first-order valence-electron chi connectivity index (χ1n) is 9.96. The Morgan fingerprint density at radius 2 is 1.97 bits per heavy atom. The first-order valence-corrected chi connectivity index (χ1v) is 10.8. The number of ether oxygens (including phenoxy) is 3. The molecule has 8 nitrogen and oxygen atoms in total. The van der Waals surface area contributed by atoms with E-state index in [1.807, 2.05) is 13.8 Å². The highest BCUT2D eigenvalue weighted by atomic mass is 32.2. The lowest BCUT2D eigenvalue weighted by atomic mass is 9.94. The van der Waals surface area contributed by atoms with Gasteiger partial charge < -0.3 is 14.2 Å². The third kappa shape index (κ3) is 4.61. The summed E-state index contributed by atoms with van der Waals surface area (Å²) in [5, 5.41) is 0.228. The molecule has 1 aromatic carbocycles. The summed E-state index contributed by atoms with van der Waals surface area (Å²) >= 11 is 1.35. The van der Waals surface area contributed by atoms with Crippen LogP contribution in [-0.2, 0) is 19.1 Å². The monoisotopic (exact) mass is 446 g/mol. The van der Waals surface area contributed by atoms with E-state index >= 15 is 0 Å². The quantitative estimate of drug-likeness (QED) is 0.488. The number of amides is 1. The predicted octanol–water partition coefficient (Wildman–Crippen LogP) is 3.47. The number of nitrogens with zero attached hydrogens (tertiary/aromatic N) is 2. The van der Waals surface area contributed by atoms with Crippen LogP contribution in [0.3, 0.4) is 0 Å². The molecular formula is C22H26N2O6S. The number of thioether (sulfide) groups is 1. The van der Waals surface area contributed by atoms with Crippen LogP contribution in [0.25, 0.3) is 0 Å². The number of carbonyl (C=O) groups is 3. The van der Waals surface area contributed by atoms with Crippen LogP contribution in [0.2, 0.25) is 0 Å². The summed E-state index contributed by atoms with van der Waals surface area (Å²) in [5.41, 5.74) is 1.43. The fraction of sp³-hybridized carbons (Fsp3) is 0.455. The van der Waals surface area contributed by atoms with E-state index in [0.717, 1.165) is 0 Å². The van der Waals surface area contributed by atoms with Crippen molar-refractivity contribution in [3.8, 4) is 11.5 Å². The Labute approximate surface area is 185 Å². The average molecular weight is 447 g/mol. The largest absolute Gasteiger partial charge is 0.493 e. The van der Waals surface area contributed by atoms with Crippen molar-refractivity contribution in [3.63, 3.8) is 0 Å². The number of amidine groups is 1. The van der Waals surface area contributed by atoms with Crippen LogP contribution in [0.4, 0.5) is 0 Å². The third-order valence-electron chi connectivity index (χ3n) is 4.78. The molecule has 0 aliphatic carbocycles. The molecule has 0 unspecified atom stereocenters. The molecule has 2 atom stereocenters. The van der Waals surface area contributed by atoms with Crippen molar-refractivity contribution in [2.75, 3.05) is 13.7 Å². The maximum Gasteiger partial charge on any atom is 0.338 e. The molecule has 0 bridgehead atoms. The number of rotatable bonds is 6. The van der Waals surface area contributed by atoms with Crippen LogP contribution in [0.15, 0.2) is 34.5 Å². The molecule has 2 aliphatic heterocycles. The molecule has 1 amide bonds. The van der Waals surface area contributed by atoms with Crippen molar-refractivity contribution < 1.29 is 28.6 Å². The van der Waals surface area contributed by atoms with E-state index in [0.29, 0.717) is 27.8 Å². The minimum atomic E-state index is -0.725. The average Bonchev–Trinajstić information content (AvgIpc) is 2.98. The van der Waals surface area contributed by atoms with Gasteiger partial charge in [0, 0.05) is 6.92 Å². The Bertz CT molecular complexity index is 984. The van der Waals surface area contributed by atoms with Gasteiger partial charge in [0.2, 0.25) is 5.91 Å². The van der Waals surface area contributed by atoms with E-state index in [1.54, 1.807) is 32.0 Å². The number of aliphatic imine (C=N–C) groups is 1. The number of hydrogen-bond donors (Lipinski definition) is 0. The lowest BCUT2D eigenvalue weighted by molar-refractivity contribution is -0.141. The molecule has 1 fully saturated rings. The van der Waals surface area contributed by atoms with Crippen LogP contribution in [0.1, 0.15) is 46.2 Å². The third-order valence-corrected chi connectivity index (χ3v) is 5.84. The van der Waals surface area contributed by atoms with Crippen molar-refractivity contribution in [2.45, 2.75) is 45.9 Å². The van der Waals surface area contributed by atoms with Gasteiger partial charge in [-0.15, -0.1) is 0 Å². The number of esters is 2. The van der Waals surface area contributed by atoms with Crippen molar-refractivity contribution in [1.29, 1.82) is 0 Å². The molecule has 166 valence electrons. The van der Waals surface area contributed by atoms with E-state index in [2.05, 4.69) is 4.99 Å². The molecule has 0 N–H and O–H groups in total. The molecular weight excluding hydrogens is 420 g/mol. The van der Waals surface area contributed by atoms with E-state index in [4.69, 9.17) is 14.2 Å². The lowest BCUT2D eigenvalue weighted by Gasteiger charge is -2.33. The Morgan fingerprint density at radius 1 is 1.26 bits per heavy atom. The molecule has 3 rings (SSSR count). The molecule has 1 aromatic rings. The summed E-state index contributed by atoms with van der Waals surface area (Å²) in [5.74, 6) is -0.400. The fourth-order valence-electron chi connectivity index (χ4n) is 3.39. The van der Waals surface area contributed by atoms with Crippen molar-refractivity contribution in [2.24, 2.45) is 10.9 Å². The van der Waals surface area contributed by atoms with E-state index < -0.39 is 18.0 Å². The van der Waals surface area contributed by atoms with Crippen molar-refractivity contribution in [1.82, 2.24) is 4.90 Å². The number of fused-ring (bicyclic) bond motifs is 1. The molecule has 0 aromatic heterocycles. The smallest absolute Gasteiger partial charge is 0.338 e. The first-order chi connectivity index (χ1) is 14.6. The summed E-state index contributed by atoms with van der Waals surface area (Å²) in [7, 11) is 1.46. The maximum atomic E-state index is 13.0. The standard InChI is InChI=1S/C22H26N2O6S/c1-11(2)10-29-21(27)18-12(3)23-22-24(20(26)13(4)31-22)19(18)15-7-8-16(30-14(5)25)17(9-15)28-6/h7-9,11,13,19H,10H2,1-6H3/t13-,19-/m1/s1. The lowest BCUT2D eigenvalue weighted by Crippen LogP contribution is -2.40. The summed E-state index contributed by atoms with van der Waals surface area (Å²) in [4.78, 5) is 43.5. The second-order valence-corrected chi connectivity index (χ2v) is 9.07. The van der Waals surface area contributed by atoms with Gasteiger partial charge >= 0.3 is 11.9 Å². The fourth-order valence-corrected chi connectivity index (χ4v) is 4.42. The zero-order valence-corrected chi connectivity index (χ0v) is 19.2. The minimum Gasteiger partial charge on any atom is -0.493 e. The van der Waals surface area contributed by atoms with Crippen molar-refractivity contribution >= 4 is 34.8 Å². The van der Waals surface area contributed by atoms with Gasteiger partial charge in [0.25, 0.3) is 0 Å². The van der Waals surface area contributed by atoms with Gasteiger partial charge in [-0.25, -0.2) is 9.79 Å². The zero-order chi connectivity index (χ0) is 22.9. The Balaban J connectivity index is 2.10. The van der Waals surface area contributed by atoms with Gasteiger partial charge in [0.15, 0.2) is 16.7 Å². The summed E-state index contributed by atoms with van der Waals surface area (Å²) in [6.07, 6.45) is 0. The summed E-state index contributed by atoms with van der Waals surface area (Å²) in [6, 6.07) is 4.23. The van der Waals surface area contributed by atoms with Crippen molar-refractivity contribution in [3.05, 3.63) is 35.0 Å². The number of allylic oxidation sites excluding steroid dienone is 1. The molecule has 0 radical (unpaired) electrons. The molecule has 2 aliphatic rings. The minimum absolute atomic E-state index is 0.140. The summed E-state index contributed by atoms with van der Waals surface area (Å²) < 4.78 is 16.1. The molecule has 9 heteroatoms. The van der Waals surface area contributed by atoms with Gasteiger partial charge in [-0.1, -0.05) is 31.7 Å². The topological polar surface area (TPSA) is 94.5 Å². The Kier molecular flexibility index (Phi) is 6.74. The van der Waals surface area contributed by atoms with E-state index in [-0.39, 0.29) is 29.4 Å². The molecule has 31 heavy (non-hydrogen) atoms. The van der Waals surface area contributed by atoms with Crippen LogP contribution in [0, 0.1) is 5.92 Å². The first kappa shape index (κ1) is 22.9. The Morgan fingerprint density at radius 3 is 2.58 bits per heavy atom. The molecule has 1 saturated heterocycles. The number of methoxy groups -OCH3 is 1. The van der Waals surface area contributed by atoms with Crippen LogP contribution >= 0.6 is 11.8 Å². The predicted molar refractivity (Wildman–Crippen MR) is 117 cm³/mol. The molecule has 0 saturated carbocycles. The van der Waals surface area contributed by atoms with Gasteiger partial charge in [0.1, 0.15) is 0 Å². The Hall–Kier alpha value is -2.81. The summed E-state index contributed by atoms with van der Waals surface area (Å²) in [6.45, 7) is 9.00. The number of hydrogen-bond acceptors (Lipinski definition) is 8. The second-order valence-electron chi connectivity index (χ2n) is 7.76. The SMILES string of the molecule is COc1cc([C@@H]2C(C(=O)OCC(C)C)=C(C)N=C3S[C@H](C)C(=O)N32)ccc1OC(C)=O. The van der Waals surface area contributed by atoms with Gasteiger partial charge in [-0.3, -0.25) is 14.5 Å². The second kappa shape index (κ2) is 9.13. The van der Waals surface area contributed by atoms with Gasteiger partial charge in [-0.2, -0.15) is 0 Å². The number of carbonyl (C=O) groups excluding carboxylic acids is 3. The molecule has 2 heterocycles. The molecule has 0 spiro atoms. The van der Waals surface area contributed by atoms with Crippen LogP contribution in [-0.4, -0.2) is 46.9 Å². The van der Waals surface area contributed by atoms with E-state index in [1.165, 1.54) is 30.7 Å². The maximum absolute atomic E-state index is 13.0. The highest BCUT2D eigenvalue weighted by Crippen LogP contribution is 2.44. The highest BCUT2D eigenvalue weighted by molar-refractivity contribution is 8.15.